The summed E-state index contributed by atoms with van der Waals surface area (Å²) in [7, 11) is 4.90. The number of methoxy groups -OCH3 is 2. The summed E-state index contributed by atoms with van der Waals surface area (Å²) in [5.74, 6) is 0.970. The van der Waals surface area contributed by atoms with Crippen LogP contribution >= 0.6 is 24.0 Å². The Kier molecular flexibility index (Phi) is 8.94. The van der Waals surface area contributed by atoms with Gasteiger partial charge >= 0.3 is 0 Å². The van der Waals surface area contributed by atoms with Gasteiger partial charge < -0.3 is 25.0 Å². The summed E-state index contributed by atoms with van der Waals surface area (Å²) in [5, 5.41) is 6.57. The van der Waals surface area contributed by atoms with Crippen LogP contribution in [0.5, 0.6) is 11.5 Å². The van der Waals surface area contributed by atoms with Crippen LogP contribution in [0.15, 0.2) is 41.4 Å². The van der Waals surface area contributed by atoms with Crippen molar-refractivity contribution in [1.82, 2.24) is 10.6 Å². The Hall–Kier alpha value is -2.30. The lowest BCUT2D eigenvalue weighted by Crippen LogP contribution is -2.44. The molecule has 0 amide bonds. The maximum absolute atomic E-state index is 14.0. The van der Waals surface area contributed by atoms with Crippen molar-refractivity contribution in [2.24, 2.45) is 4.99 Å². The normalized spacial score (nSPS) is 16.1. The fourth-order valence-electron chi connectivity index (χ4n) is 3.44. The number of aliphatic imine (C=N–C) groups is 1. The highest BCUT2D eigenvalue weighted by molar-refractivity contribution is 14.0. The smallest absolute Gasteiger partial charge is 0.191 e. The van der Waals surface area contributed by atoms with E-state index in [1.165, 1.54) is 18.2 Å². The van der Waals surface area contributed by atoms with Crippen molar-refractivity contribution < 1.29 is 18.3 Å². The van der Waals surface area contributed by atoms with Gasteiger partial charge in [0.2, 0.25) is 0 Å². The molecule has 1 unspecified atom stereocenters. The number of para-hydroxylation sites is 1. The number of benzene rings is 2. The molecule has 2 aromatic carbocycles. The molecule has 1 saturated heterocycles. The van der Waals surface area contributed by atoms with Gasteiger partial charge in [-0.15, -0.1) is 24.0 Å². The minimum Gasteiger partial charge on any atom is -0.497 e. The minimum atomic E-state index is -0.542. The summed E-state index contributed by atoms with van der Waals surface area (Å²) in [6.07, 6.45) is 0.750. The molecule has 0 aliphatic carbocycles. The quantitative estimate of drug-likeness (QED) is 0.339. The average molecular weight is 532 g/mol. The highest BCUT2D eigenvalue weighted by Gasteiger charge is 2.27. The molecule has 164 valence electrons. The molecule has 3 rings (SSSR count). The van der Waals surface area contributed by atoms with Crippen molar-refractivity contribution in [1.29, 1.82) is 0 Å². The largest absolute Gasteiger partial charge is 0.497 e. The maximum atomic E-state index is 14.0. The Balaban J connectivity index is 0.00000320. The number of hydrogen-bond acceptors (Lipinski definition) is 4. The molecule has 0 saturated carbocycles. The van der Waals surface area contributed by atoms with Crippen LogP contribution < -0.4 is 25.0 Å². The van der Waals surface area contributed by atoms with Gasteiger partial charge in [0.05, 0.1) is 14.2 Å². The van der Waals surface area contributed by atoms with Crippen LogP contribution in [0.3, 0.4) is 0 Å². The molecule has 0 spiro atoms. The van der Waals surface area contributed by atoms with Crippen LogP contribution in [0.4, 0.5) is 14.5 Å². The fraction of sp³-hybridized carbons (Fsp3) is 0.381. The molecule has 1 atom stereocenters. The average Bonchev–Trinajstić information content (AvgIpc) is 3.18. The Morgan fingerprint density at radius 3 is 2.53 bits per heavy atom. The number of rotatable bonds is 6. The highest BCUT2D eigenvalue weighted by Crippen LogP contribution is 2.27. The van der Waals surface area contributed by atoms with Crippen LogP contribution in [0.25, 0.3) is 0 Å². The molecule has 0 aromatic heterocycles. The van der Waals surface area contributed by atoms with Gasteiger partial charge in [-0.3, -0.25) is 4.99 Å². The fourth-order valence-corrected chi connectivity index (χ4v) is 3.44. The van der Waals surface area contributed by atoms with E-state index in [-0.39, 0.29) is 35.7 Å². The van der Waals surface area contributed by atoms with Gasteiger partial charge in [0.15, 0.2) is 5.96 Å². The zero-order valence-electron chi connectivity index (χ0n) is 17.2. The van der Waals surface area contributed by atoms with Crippen LogP contribution in [-0.2, 0) is 6.54 Å². The van der Waals surface area contributed by atoms with Gasteiger partial charge in [0.1, 0.15) is 28.8 Å². The molecule has 0 bridgehead atoms. The number of anilines is 1. The maximum Gasteiger partial charge on any atom is 0.191 e. The van der Waals surface area contributed by atoms with Gasteiger partial charge in [0, 0.05) is 44.4 Å². The Labute approximate surface area is 192 Å². The van der Waals surface area contributed by atoms with E-state index in [9.17, 15) is 8.78 Å². The molecule has 1 aliphatic rings. The number of halogens is 3. The summed E-state index contributed by atoms with van der Waals surface area (Å²) < 4.78 is 38.7. The molecule has 2 aromatic rings. The van der Waals surface area contributed by atoms with Gasteiger partial charge in [-0.1, -0.05) is 6.07 Å². The van der Waals surface area contributed by atoms with Gasteiger partial charge in [-0.2, -0.15) is 0 Å². The molecular weight excluding hydrogens is 505 g/mol. The number of nitrogens with one attached hydrogen (secondary N) is 2. The van der Waals surface area contributed by atoms with Gasteiger partial charge in [-0.25, -0.2) is 8.78 Å². The van der Waals surface area contributed by atoms with E-state index < -0.39 is 11.6 Å². The van der Waals surface area contributed by atoms with E-state index in [2.05, 4.69) is 15.6 Å². The molecule has 1 fully saturated rings. The van der Waals surface area contributed by atoms with E-state index >= 15 is 0 Å². The summed E-state index contributed by atoms with van der Waals surface area (Å²) in [6.45, 7) is 1.56. The van der Waals surface area contributed by atoms with Crippen LogP contribution in [0.2, 0.25) is 0 Å². The standard InChI is InChI=1S/C21H26F2N4O2.HI/c1-24-21(25-12-14-7-8-16(28-2)11-19(14)29-3)26-15-9-10-27(13-15)20-17(22)5-4-6-18(20)23;/h4-8,11,15H,9-10,12-13H2,1-3H3,(H2,24,25,26);1H. The Bertz CT molecular complexity index is 862. The number of ether oxygens (including phenoxy) is 2. The number of hydrogen-bond donors (Lipinski definition) is 2. The Morgan fingerprint density at radius 1 is 1.17 bits per heavy atom. The van der Waals surface area contributed by atoms with E-state index in [1.54, 1.807) is 26.2 Å². The second kappa shape index (κ2) is 11.2. The predicted molar refractivity (Wildman–Crippen MR) is 125 cm³/mol. The lowest BCUT2D eigenvalue weighted by Gasteiger charge is -2.21. The summed E-state index contributed by atoms with van der Waals surface area (Å²) in [5.41, 5.74) is 0.987. The lowest BCUT2D eigenvalue weighted by molar-refractivity contribution is 0.390. The molecule has 30 heavy (non-hydrogen) atoms. The van der Waals surface area contributed by atoms with Crippen molar-refractivity contribution >= 4 is 35.6 Å². The first-order valence-electron chi connectivity index (χ1n) is 9.42. The first-order valence-corrected chi connectivity index (χ1v) is 9.42. The molecule has 0 radical (unpaired) electrons. The zero-order valence-corrected chi connectivity index (χ0v) is 19.6. The number of guanidine groups is 1. The summed E-state index contributed by atoms with van der Waals surface area (Å²) in [4.78, 5) is 5.98. The second-order valence-corrected chi connectivity index (χ2v) is 6.75. The molecule has 2 N–H and O–H groups in total. The molecular formula is C21H27F2IN4O2. The lowest BCUT2D eigenvalue weighted by atomic mass is 10.2. The van der Waals surface area contributed by atoms with Crippen molar-refractivity contribution in [2.75, 3.05) is 39.3 Å². The monoisotopic (exact) mass is 532 g/mol. The summed E-state index contributed by atoms with van der Waals surface area (Å²) >= 11 is 0. The first-order chi connectivity index (χ1) is 14.0. The van der Waals surface area contributed by atoms with Crippen molar-refractivity contribution in [3.8, 4) is 11.5 Å². The molecule has 6 nitrogen and oxygen atoms in total. The van der Waals surface area contributed by atoms with E-state index in [0.717, 1.165) is 23.5 Å². The molecule has 9 heteroatoms. The van der Waals surface area contributed by atoms with Gasteiger partial charge in [-0.05, 0) is 30.7 Å². The van der Waals surface area contributed by atoms with Crippen molar-refractivity contribution in [3.63, 3.8) is 0 Å². The third-order valence-electron chi connectivity index (χ3n) is 4.95. The number of nitrogens with zero attached hydrogens (tertiary/aromatic N) is 2. The third-order valence-corrected chi connectivity index (χ3v) is 4.95. The second-order valence-electron chi connectivity index (χ2n) is 6.75. The first kappa shape index (κ1) is 24.0. The minimum absolute atomic E-state index is 0. The van der Waals surface area contributed by atoms with Crippen molar-refractivity contribution in [3.05, 3.63) is 53.6 Å². The zero-order chi connectivity index (χ0) is 20.8. The van der Waals surface area contributed by atoms with E-state index in [0.29, 0.717) is 25.6 Å². The predicted octanol–water partition coefficient (Wildman–Crippen LogP) is 3.54. The van der Waals surface area contributed by atoms with Gasteiger partial charge in [0.25, 0.3) is 0 Å². The highest BCUT2D eigenvalue weighted by atomic mass is 127. The topological polar surface area (TPSA) is 58.1 Å². The Morgan fingerprint density at radius 2 is 1.90 bits per heavy atom. The van der Waals surface area contributed by atoms with Crippen LogP contribution in [-0.4, -0.2) is 46.4 Å². The SMILES string of the molecule is CN=C(NCc1ccc(OC)cc1OC)NC1CCN(c2c(F)cccc2F)C1.I. The van der Waals surface area contributed by atoms with E-state index in [1.807, 2.05) is 18.2 Å². The van der Waals surface area contributed by atoms with Crippen LogP contribution in [0.1, 0.15) is 12.0 Å². The summed E-state index contributed by atoms with van der Waals surface area (Å²) in [6, 6.07) is 9.58. The third kappa shape index (κ3) is 5.65. The molecule has 1 heterocycles. The van der Waals surface area contributed by atoms with E-state index in [4.69, 9.17) is 9.47 Å². The van der Waals surface area contributed by atoms with Crippen molar-refractivity contribution in [2.45, 2.75) is 19.0 Å². The van der Waals surface area contributed by atoms with Crippen LogP contribution in [0, 0.1) is 11.6 Å². The molecule has 1 aliphatic heterocycles.